The van der Waals surface area contributed by atoms with Crippen molar-refractivity contribution < 1.29 is 19.4 Å². The maximum Gasteiger partial charge on any atom is 0.340 e. The molecule has 2 aromatic rings. The van der Waals surface area contributed by atoms with Crippen LogP contribution in [0.2, 0.25) is 5.02 Å². The lowest BCUT2D eigenvalue weighted by atomic mass is 9.91. The second kappa shape index (κ2) is 8.91. The number of ether oxygens (including phenoxy) is 2. The Morgan fingerprint density at radius 1 is 1.21 bits per heavy atom. The minimum Gasteiger partial charge on any atom is -0.430 e. The van der Waals surface area contributed by atoms with Crippen molar-refractivity contribution in [1.29, 1.82) is 0 Å². The summed E-state index contributed by atoms with van der Waals surface area (Å²) in [7, 11) is 0. The van der Waals surface area contributed by atoms with E-state index in [-0.39, 0.29) is 11.7 Å². The van der Waals surface area contributed by atoms with Crippen molar-refractivity contribution in [3.8, 4) is 0 Å². The molecule has 5 heteroatoms. The molecule has 0 heterocycles. The summed E-state index contributed by atoms with van der Waals surface area (Å²) in [5.74, 6) is -2.09. The average molecular weight is 401 g/mol. The Kier molecular flexibility index (Phi) is 6.55. The van der Waals surface area contributed by atoms with Crippen molar-refractivity contribution in [3.63, 3.8) is 0 Å². The highest BCUT2D eigenvalue weighted by Gasteiger charge is 2.37. The maximum absolute atomic E-state index is 12.5. The first kappa shape index (κ1) is 20.6. The van der Waals surface area contributed by atoms with Gasteiger partial charge in [0.1, 0.15) is 0 Å². The summed E-state index contributed by atoms with van der Waals surface area (Å²) < 4.78 is 11.3. The standard InChI is InChI=1S/C23H25ClO4/c1-16-14-19(24)8-9-21(16)17(2)22(25)28-23(26)12-10-20(11-13-23)27-15-18-6-4-3-5-7-18/h3-9,14,20,26H,2,10-13,15H2,1H3. The van der Waals surface area contributed by atoms with Gasteiger partial charge < -0.3 is 14.6 Å². The molecule has 4 nitrogen and oxygen atoms in total. The van der Waals surface area contributed by atoms with E-state index in [1.165, 1.54) is 0 Å². The molecule has 0 unspecified atom stereocenters. The summed E-state index contributed by atoms with van der Waals surface area (Å²) in [6.45, 7) is 6.23. The third-order valence-electron chi connectivity index (χ3n) is 5.09. The van der Waals surface area contributed by atoms with E-state index in [0.29, 0.717) is 42.9 Å². The zero-order chi connectivity index (χ0) is 20.1. The summed E-state index contributed by atoms with van der Waals surface area (Å²) in [6.07, 6.45) is 1.98. The third-order valence-corrected chi connectivity index (χ3v) is 5.32. The van der Waals surface area contributed by atoms with Crippen LogP contribution in [0.15, 0.2) is 55.1 Å². The smallest absolute Gasteiger partial charge is 0.340 e. The van der Waals surface area contributed by atoms with Crippen LogP contribution in [0.5, 0.6) is 0 Å². The average Bonchev–Trinajstić information content (AvgIpc) is 2.68. The lowest BCUT2D eigenvalue weighted by Crippen LogP contribution is -2.40. The van der Waals surface area contributed by atoms with Crippen LogP contribution in [-0.4, -0.2) is 23.0 Å². The quantitative estimate of drug-likeness (QED) is 0.418. The molecule has 1 saturated carbocycles. The molecule has 0 atom stereocenters. The van der Waals surface area contributed by atoms with Gasteiger partial charge in [-0.3, -0.25) is 0 Å². The fraction of sp³-hybridized carbons (Fsp3) is 0.348. The number of aliphatic hydroxyl groups is 1. The number of halogens is 1. The summed E-state index contributed by atoms with van der Waals surface area (Å²) in [6, 6.07) is 15.2. The molecule has 2 aromatic carbocycles. The monoisotopic (exact) mass is 400 g/mol. The van der Waals surface area contributed by atoms with Gasteiger partial charge >= 0.3 is 5.97 Å². The van der Waals surface area contributed by atoms with Crippen LogP contribution in [0, 0.1) is 6.92 Å². The molecule has 1 N–H and O–H groups in total. The van der Waals surface area contributed by atoms with Gasteiger partial charge in [-0.05, 0) is 48.6 Å². The molecule has 1 fully saturated rings. The molecule has 3 rings (SSSR count). The van der Waals surface area contributed by atoms with Gasteiger partial charge in [0.15, 0.2) is 0 Å². The zero-order valence-corrected chi connectivity index (χ0v) is 16.7. The third kappa shape index (κ3) is 5.22. The van der Waals surface area contributed by atoms with Gasteiger partial charge in [-0.25, -0.2) is 4.79 Å². The van der Waals surface area contributed by atoms with Crippen LogP contribution < -0.4 is 0 Å². The topological polar surface area (TPSA) is 55.8 Å². The Morgan fingerprint density at radius 2 is 1.89 bits per heavy atom. The van der Waals surface area contributed by atoms with Crippen LogP contribution in [-0.2, 0) is 20.9 Å². The number of benzene rings is 2. The lowest BCUT2D eigenvalue weighted by Gasteiger charge is -2.35. The van der Waals surface area contributed by atoms with Crippen LogP contribution in [0.4, 0.5) is 0 Å². The number of hydrogen-bond acceptors (Lipinski definition) is 4. The molecule has 28 heavy (non-hydrogen) atoms. The van der Waals surface area contributed by atoms with Crippen LogP contribution in [0.25, 0.3) is 5.57 Å². The SMILES string of the molecule is C=C(C(=O)OC1(O)CCC(OCc2ccccc2)CC1)c1ccc(Cl)cc1C. The predicted molar refractivity (Wildman–Crippen MR) is 110 cm³/mol. The summed E-state index contributed by atoms with van der Waals surface area (Å²) in [4.78, 5) is 12.5. The highest BCUT2D eigenvalue weighted by Crippen LogP contribution is 2.33. The second-order valence-corrected chi connectivity index (χ2v) is 7.71. The van der Waals surface area contributed by atoms with E-state index in [1.54, 1.807) is 18.2 Å². The van der Waals surface area contributed by atoms with Crippen LogP contribution >= 0.6 is 11.6 Å². The molecular weight excluding hydrogens is 376 g/mol. The van der Waals surface area contributed by atoms with E-state index in [9.17, 15) is 9.90 Å². The Bertz CT molecular complexity index is 839. The van der Waals surface area contributed by atoms with Crippen LogP contribution in [0.1, 0.15) is 42.4 Å². The van der Waals surface area contributed by atoms with Gasteiger partial charge in [0, 0.05) is 17.9 Å². The molecule has 0 radical (unpaired) electrons. The number of carbonyl (C=O) groups excluding carboxylic acids is 1. The molecule has 0 bridgehead atoms. The molecule has 1 aliphatic rings. The van der Waals surface area contributed by atoms with E-state index in [2.05, 4.69) is 6.58 Å². The lowest BCUT2D eigenvalue weighted by molar-refractivity contribution is -0.223. The normalized spacial score (nSPS) is 21.9. The number of esters is 1. The molecule has 0 spiro atoms. The van der Waals surface area contributed by atoms with Gasteiger partial charge in [-0.15, -0.1) is 0 Å². The van der Waals surface area contributed by atoms with Crippen molar-refractivity contribution in [1.82, 2.24) is 0 Å². The largest absolute Gasteiger partial charge is 0.430 e. The van der Waals surface area contributed by atoms with E-state index >= 15 is 0 Å². The minimum atomic E-state index is -1.48. The Labute approximate surface area is 170 Å². The molecule has 0 saturated heterocycles. The van der Waals surface area contributed by atoms with E-state index < -0.39 is 11.8 Å². The molecule has 0 amide bonds. The molecule has 1 aliphatic carbocycles. The van der Waals surface area contributed by atoms with Crippen molar-refractivity contribution in [2.24, 2.45) is 0 Å². The van der Waals surface area contributed by atoms with Gasteiger partial charge in [0.2, 0.25) is 5.79 Å². The minimum absolute atomic E-state index is 0.0425. The van der Waals surface area contributed by atoms with Gasteiger partial charge in [0.05, 0.1) is 18.3 Å². The fourth-order valence-electron chi connectivity index (χ4n) is 3.41. The van der Waals surface area contributed by atoms with Crippen molar-refractivity contribution in [3.05, 3.63) is 76.8 Å². The maximum atomic E-state index is 12.5. The summed E-state index contributed by atoms with van der Waals surface area (Å²) >= 11 is 5.96. The van der Waals surface area contributed by atoms with E-state index in [1.807, 2.05) is 37.3 Å². The Morgan fingerprint density at radius 3 is 2.54 bits per heavy atom. The highest BCUT2D eigenvalue weighted by atomic mass is 35.5. The number of carbonyl (C=O) groups is 1. The number of aryl methyl sites for hydroxylation is 1. The number of rotatable bonds is 6. The van der Waals surface area contributed by atoms with Crippen molar-refractivity contribution >= 4 is 23.1 Å². The highest BCUT2D eigenvalue weighted by molar-refractivity contribution is 6.30. The Hall–Kier alpha value is -2.14. The van der Waals surface area contributed by atoms with Gasteiger partial charge in [0.25, 0.3) is 0 Å². The van der Waals surface area contributed by atoms with E-state index in [4.69, 9.17) is 21.1 Å². The van der Waals surface area contributed by atoms with Crippen LogP contribution in [0.3, 0.4) is 0 Å². The second-order valence-electron chi connectivity index (χ2n) is 7.27. The molecular formula is C23H25ClO4. The first-order valence-electron chi connectivity index (χ1n) is 9.43. The fourth-order valence-corrected chi connectivity index (χ4v) is 3.64. The molecule has 148 valence electrons. The number of hydrogen-bond donors (Lipinski definition) is 1. The van der Waals surface area contributed by atoms with Crippen molar-refractivity contribution in [2.45, 2.75) is 51.1 Å². The summed E-state index contributed by atoms with van der Waals surface area (Å²) in [5, 5.41) is 11.3. The predicted octanol–water partition coefficient (Wildman–Crippen LogP) is 5.05. The summed E-state index contributed by atoms with van der Waals surface area (Å²) in [5.41, 5.74) is 2.83. The van der Waals surface area contributed by atoms with Gasteiger partial charge in [-0.2, -0.15) is 0 Å². The van der Waals surface area contributed by atoms with Crippen molar-refractivity contribution in [2.75, 3.05) is 0 Å². The first-order valence-corrected chi connectivity index (χ1v) is 9.81. The zero-order valence-electron chi connectivity index (χ0n) is 16.0. The Balaban J connectivity index is 1.52. The van der Waals surface area contributed by atoms with E-state index in [0.717, 1.165) is 11.1 Å². The van der Waals surface area contributed by atoms with Gasteiger partial charge in [-0.1, -0.05) is 54.6 Å². The first-order chi connectivity index (χ1) is 13.4. The molecule has 0 aromatic heterocycles. The molecule has 0 aliphatic heterocycles.